The van der Waals surface area contributed by atoms with Gasteiger partial charge < -0.3 is 10.6 Å². The third kappa shape index (κ3) is 6.15. The van der Waals surface area contributed by atoms with Crippen LogP contribution in [0.3, 0.4) is 0 Å². The fraction of sp³-hybridized carbons (Fsp3) is 0.231. The van der Waals surface area contributed by atoms with Crippen LogP contribution in [-0.4, -0.2) is 17.1 Å². The summed E-state index contributed by atoms with van der Waals surface area (Å²) in [4.78, 5) is 26.5. The third-order valence-corrected chi connectivity index (χ3v) is 6.70. The van der Waals surface area contributed by atoms with Gasteiger partial charge in [-0.15, -0.1) is 11.8 Å². The number of aryl methyl sites for hydroxylation is 2. The number of benzene rings is 3. The molecule has 0 aliphatic carbocycles. The van der Waals surface area contributed by atoms with E-state index in [1.807, 2.05) is 56.3 Å². The highest BCUT2D eigenvalue weighted by molar-refractivity contribution is 8.00. The lowest BCUT2D eigenvalue weighted by Gasteiger charge is -2.18. The van der Waals surface area contributed by atoms with Crippen molar-refractivity contribution < 1.29 is 9.59 Å². The summed E-state index contributed by atoms with van der Waals surface area (Å²) in [5, 5.41) is 6.29. The summed E-state index contributed by atoms with van der Waals surface area (Å²) < 4.78 is 0. The largest absolute Gasteiger partial charge is 0.325 e. The number of nitrogens with one attached hydrogen (secondary N) is 2. The molecule has 3 rings (SSSR count). The quantitative estimate of drug-likeness (QED) is 0.352. The van der Waals surface area contributed by atoms with Crippen LogP contribution >= 0.6 is 23.4 Å². The molecule has 1 unspecified atom stereocenters. The van der Waals surface area contributed by atoms with Gasteiger partial charge in [-0.2, -0.15) is 0 Å². The normalized spacial score (nSPS) is 11.6. The molecule has 1 atom stereocenters. The molecule has 0 aliphatic heterocycles. The second-order valence-electron chi connectivity index (χ2n) is 7.46. The highest BCUT2D eigenvalue weighted by atomic mass is 35.5. The minimum atomic E-state index is -0.252. The Balaban J connectivity index is 1.70. The van der Waals surface area contributed by atoms with Crippen LogP contribution in [0.5, 0.6) is 0 Å². The van der Waals surface area contributed by atoms with Crippen LogP contribution in [0.25, 0.3) is 0 Å². The summed E-state index contributed by atoms with van der Waals surface area (Å²) in [6, 6.07) is 20.4. The zero-order valence-corrected chi connectivity index (χ0v) is 20.0. The average Bonchev–Trinajstić information content (AvgIpc) is 2.79. The number of para-hydroxylation sites is 1. The molecule has 0 bridgehead atoms. The van der Waals surface area contributed by atoms with Crippen molar-refractivity contribution in [2.24, 2.45) is 0 Å². The van der Waals surface area contributed by atoms with E-state index in [0.29, 0.717) is 22.7 Å². The number of thioether (sulfide) groups is 1. The van der Waals surface area contributed by atoms with Gasteiger partial charge in [0.2, 0.25) is 5.91 Å². The van der Waals surface area contributed by atoms with Gasteiger partial charge in [-0.05, 0) is 67.3 Å². The molecule has 0 spiro atoms. The maximum atomic E-state index is 13.0. The lowest BCUT2D eigenvalue weighted by Crippen LogP contribution is -2.25. The molecule has 32 heavy (non-hydrogen) atoms. The van der Waals surface area contributed by atoms with Crippen LogP contribution in [-0.2, 0) is 11.2 Å². The van der Waals surface area contributed by atoms with Crippen molar-refractivity contribution in [3.05, 3.63) is 88.4 Å². The zero-order valence-electron chi connectivity index (χ0n) is 18.4. The minimum Gasteiger partial charge on any atom is -0.325 e. The van der Waals surface area contributed by atoms with Crippen molar-refractivity contribution >= 4 is 46.6 Å². The molecule has 0 saturated heterocycles. The number of hydrogen-bond acceptors (Lipinski definition) is 3. The molecule has 0 radical (unpaired) electrons. The Kier molecular flexibility index (Phi) is 8.37. The summed E-state index contributed by atoms with van der Waals surface area (Å²) in [7, 11) is 0. The van der Waals surface area contributed by atoms with Crippen molar-refractivity contribution in [3.63, 3.8) is 0 Å². The third-order valence-electron chi connectivity index (χ3n) is 5.11. The molecule has 0 aromatic heterocycles. The average molecular weight is 467 g/mol. The zero-order chi connectivity index (χ0) is 23.1. The number of rotatable bonds is 8. The topological polar surface area (TPSA) is 58.2 Å². The van der Waals surface area contributed by atoms with Crippen molar-refractivity contribution in [1.82, 2.24) is 0 Å². The van der Waals surface area contributed by atoms with Crippen molar-refractivity contribution in [2.75, 3.05) is 10.6 Å². The monoisotopic (exact) mass is 466 g/mol. The first-order valence-electron chi connectivity index (χ1n) is 10.6. The van der Waals surface area contributed by atoms with Gasteiger partial charge in [0.25, 0.3) is 5.91 Å². The molecule has 2 N–H and O–H groups in total. The Bertz CT molecular complexity index is 1120. The number of carbonyl (C=O) groups is 2. The maximum absolute atomic E-state index is 13.0. The van der Waals surface area contributed by atoms with E-state index in [0.717, 1.165) is 28.1 Å². The second-order valence-corrected chi connectivity index (χ2v) is 9.17. The molecule has 0 heterocycles. The predicted octanol–water partition coefficient (Wildman–Crippen LogP) is 6.97. The molecule has 166 valence electrons. The van der Waals surface area contributed by atoms with Gasteiger partial charge >= 0.3 is 0 Å². The standard InChI is InChI=1S/C26H27ClN2O2S/c1-4-18-10-6-9-17(3)24(18)29-26(31)23(5-2)32-22-14-8-13-21(16-22)28-25(30)19-11-7-12-20(27)15-19/h6-16,23H,4-5H2,1-3H3,(H,28,30)(H,29,31). The molecular weight excluding hydrogens is 440 g/mol. The van der Waals surface area contributed by atoms with Crippen LogP contribution in [0.2, 0.25) is 5.02 Å². The fourth-order valence-electron chi connectivity index (χ4n) is 3.37. The Hall–Kier alpha value is -2.76. The van der Waals surface area contributed by atoms with Crippen molar-refractivity contribution in [3.8, 4) is 0 Å². The summed E-state index contributed by atoms with van der Waals surface area (Å²) >= 11 is 7.48. The Morgan fingerprint density at radius 1 is 0.969 bits per heavy atom. The van der Waals surface area contributed by atoms with Crippen LogP contribution in [0.15, 0.2) is 71.6 Å². The molecule has 4 nitrogen and oxygen atoms in total. The van der Waals surface area contributed by atoms with E-state index in [4.69, 9.17) is 11.6 Å². The van der Waals surface area contributed by atoms with E-state index in [-0.39, 0.29) is 17.1 Å². The van der Waals surface area contributed by atoms with Crippen LogP contribution in [0.4, 0.5) is 11.4 Å². The number of halogens is 1. The molecule has 2 amide bonds. The van der Waals surface area contributed by atoms with E-state index in [1.54, 1.807) is 24.3 Å². The Morgan fingerprint density at radius 3 is 2.44 bits per heavy atom. The molecule has 3 aromatic rings. The highest BCUT2D eigenvalue weighted by Crippen LogP contribution is 2.30. The van der Waals surface area contributed by atoms with Crippen molar-refractivity contribution in [1.29, 1.82) is 0 Å². The first kappa shape index (κ1) is 23.9. The van der Waals surface area contributed by atoms with E-state index >= 15 is 0 Å². The molecule has 6 heteroatoms. The van der Waals surface area contributed by atoms with Gasteiger partial charge in [0.05, 0.1) is 5.25 Å². The number of amides is 2. The summed E-state index contributed by atoms with van der Waals surface area (Å²) in [5.41, 5.74) is 4.25. The maximum Gasteiger partial charge on any atom is 0.255 e. The number of anilines is 2. The number of hydrogen-bond donors (Lipinski definition) is 2. The lowest BCUT2D eigenvalue weighted by atomic mass is 10.1. The summed E-state index contributed by atoms with van der Waals surface area (Å²) in [5.74, 6) is -0.249. The van der Waals surface area contributed by atoms with Crippen LogP contribution in [0.1, 0.15) is 41.8 Å². The van der Waals surface area contributed by atoms with Gasteiger partial charge in [0, 0.05) is 26.9 Å². The molecule has 0 saturated carbocycles. The van der Waals surface area contributed by atoms with Gasteiger partial charge in [-0.1, -0.05) is 55.8 Å². The Labute approximate surface area is 198 Å². The molecular formula is C26H27ClN2O2S. The predicted molar refractivity (Wildman–Crippen MR) is 135 cm³/mol. The van der Waals surface area contributed by atoms with E-state index in [9.17, 15) is 9.59 Å². The van der Waals surface area contributed by atoms with Gasteiger partial charge in [-0.3, -0.25) is 9.59 Å². The highest BCUT2D eigenvalue weighted by Gasteiger charge is 2.20. The molecule has 0 fully saturated rings. The van der Waals surface area contributed by atoms with Gasteiger partial charge in [0.15, 0.2) is 0 Å². The van der Waals surface area contributed by atoms with Gasteiger partial charge in [-0.25, -0.2) is 0 Å². The summed E-state index contributed by atoms with van der Waals surface area (Å²) in [6.07, 6.45) is 1.54. The van der Waals surface area contributed by atoms with Crippen LogP contribution < -0.4 is 10.6 Å². The summed E-state index contributed by atoms with van der Waals surface area (Å²) in [6.45, 7) is 6.09. The van der Waals surface area contributed by atoms with Gasteiger partial charge in [0.1, 0.15) is 0 Å². The van der Waals surface area contributed by atoms with Crippen molar-refractivity contribution in [2.45, 2.75) is 43.8 Å². The first-order valence-corrected chi connectivity index (χ1v) is 11.9. The minimum absolute atomic E-state index is 0.0186. The first-order chi connectivity index (χ1) is 15.4. The van der Waals surface area contributed by atoms with Crippen LogP contribution in [0, 0.1) is 6.92 Å². The lowest BCUT2D eigenvalue weighted by molar-refractivity contribution is -0.115. The van der Waals surface area contributed by atoms with E-state index < -0.39 is 0 Å². The SMILES string of the molecule is CCc1cccc(C)c1NC(=O)C(CC)Sc1cccc(NC(=O)c2cccc(Cl)c2)c1. The molecule has 0 aliphatic rings. The fourth-order valence-corrected chi connectivity index (χ4v) is 4.58. The Morgan fingerprint density at radius 2 is 1.72 bits per heavy atom. The second kappa shape index (κ2) is 11.2. The number of carbonyl (C=O) groups excluding carboxylic acids is 2. The smallest absolute Gasteiger partial charge is 0.255 e. The molecule has 3 aromatic carbocycles. The van der Waals surface area contributed by atoms with E-state index in [1.165, 1.54) is 11.8 Å². The van der Waals surface area contributed by atoms with E-state index in [2.05, 4.69) is 17.6 Å².